The first kappa shape index (κ1) is 18.3. The Morgan fingerprint density at radius 2 is 1.88 bits per heavy atom. The van der Waals surface area contributed by atoms with Crippen LogP contribution in [-0.4, -0.2) is 12.6 Å². The van der Waals surface area contributed by atoms with Gasteiger partial charge in [-0.05, 0) is 59.3 Å². The molecule has 0 fully saturated rings. The summed E-state index contributed by atoms with van der Waals surface area (Å²) in [6.07, 6.45) is -4.57. The van der Waals surface area contributed by atoms with Crippen LogP contribution in [0.1, 0.15) is 22.8 Å². The van der Waals surface area contributed by atoms with Crippen LogP contribution in [0.5, 0.6) is 0 Å². The maximum atomic E-state index is 13.1. The third-order valence-electron chi connectivity index (χ3n) is 3.04. The normalized spacial score (nSPS) is 11.2. The van der Waals surface area contributed by atoms with E-state index in [-0.39, 0.29) is 17.9 Å². The van der Waals surface area contributed by atoms with Gasteiger partial charge in [0.15, 0.2) is 0 Å². The van der Waals surface area contributed by atoms with Crippen LogP contribution in [0.4, 0.5) is 28.9 Å². The first-order chi connectivity index (χ1) is 11.2. The lowest BCUT2D eigenvalue weighted by molar-refractivity contribution is -0.137. The second kappa shape index (κ2) is 7.21. The number of benzene rings is 2. The minimum absolute atomic E-state index is 0.0546. The Morgan fingerprint density at radius 3 is 2.46 bits per heavy atom. The number of esters is 1. The Balaban J connectivity index is 2.48. The molecule has 128 valence electrons. The van der Waals surface area contributed by atoms with Crippen molar-refractivity contribution in [3.63, 3.8) is 0 Å². The van der Waals surface area contributed by atoms with Gasteiger partial charge in [0.25, 0.3) is 0 Å². The van der Waals surface area contributed by atoms with E-state index in [2.05, 4.69) is 21.2 Å². The third kappa shape index (κ3) is 4.25. The summed E-state index contributed by atoms with van der Waals surface area (Å²) in [6.45, 7) is 1.67. The van der Waals surface area contributed by atoms with Crippen molar-refractivity contribution in [1.82, 2.24) is 0 Å². The van der Waals surface area contributed by atoms with Crippen molar-refractivity contribution in [2.45, 2.75) is 13.1 Å². The zero-order valence-electron chi connectivity index (χ0n) is 12.4. The summed E-state index contributed by atoms with van der Waals surface area (Å²) in [5.74, 6) is -1.27. The standard InChI is InChI=1S/C16H12BrF4NO2/c1-2-24-15(23)11-5-3-9(16(19,20)21)7-14(11)22-13-6-4-10(18)8-12(13)17/h3-8,22H,2H2,1H3. The molecule has 3 nitrogen and oxygen atoms in total. The number of carbonyl (C=O) groups is 1. The van der Waals surface area contributed by atoms with Crippen LogP contribution < -0.4 is 5.32 Å². The average molecular weight is 406 g/mol. The van der Waals surface area contributed by atoms with Crippen LogP contribution in [0.15, 0.2) is 40.9 Å². The molecule has 0 unspecified atom stereocenters. The van der Waals surface area contributed by atoms with Gasteiger partial charge in [0.1, 0.15) is 5.82 Å². The lowest BCUT2D eigenvalue weighted by Gasteiger charge is -2.15. The molecule has 1 N–H and O–H groups in total. The molecule has 8 heteroatoms. The summed E-state index contributed by atoms with van der Waals surface area (Å²) in [5, 5.41) is 2.71. The Kier molecular flexibility index (Phi) is 5.48. The zero-order chi connectivity index (χ0) is 17.9. The second-order valence-electron chi connectivity index (χ2n) is 4.73. The van der Waals surface area contributed by atoms with Gasteiger partial charge in [-0.2, -0.15) is 13.2 Å². The summed E-state index contributed by atoms with van der Waals surface area (Å²) in [4.78, 5) is 11.9. The quantitative estimate of drug-likeness (QED) is 0.536. The summed E-state index contributed by atoms with van der Waals surface area (Å²) < 4.78 is 57.0. The Morgan fingerprint density at radius 1 is 1.17 bits per heavy atom. The molecule has 0 radical (unpaired) electrons. The number of alkyl halides is 3. The highest BCUT2D eigenvalue weighted by Crippen LogP contribution is 2.35. The van der Waals surface area contributed by atoms with Crippen LogP contribution in [0.2, 0.25) is 0 Å². The van der Waals surface area contributed by atoms with Gasteiger partial charge in [-0.15, -0.1) is 0 Å². The van der Waals surface area contributed by atoms with Crippen molar-refractivity contribution in [3.05, 3.63) is 57.8 Å². The minimum atomic E-state index is -4.57. The largest absolute Gasteiger partial charge is 0.462 e. The number of nitrogens with one attached hydrogen (secondary N) is 1. The molecule has 0 bridgehead atoms. The maximum absolute atomic E-state index is 13.1. The lowest BCUT2D eigenvalue weighted by atomic mass is 10.1. The van der Waals surface area contributed by atoms with E-state index in [1.54, 1.807) is 6.92 Å². The lowest BCUT2D eigenvalue weighted by Crippen LogP contribution is -2.11. The van der Waals surface area contributed by atoms with Gasteiger partial charge in [-0.1, -0.05) is 0 Å². The van der Waals surface area contributed by atoms with Crippen LogP contribution in [0.3, 0.4) is 0 Å². The topological polar surface area (TPSA) is 38.3 Å². The molecular weight excluding hydrogens is 394 g/mol. The van der Waals surface area contributed by atoms with Crippen molar-refractivity contribution in [1.29, 1.82) is 0 Å². The molecule has 0 aromatic heterocycles. The van der Waals surface area contributed by atoms with Gasteiger partial charge in [-0.3, -0.25) is 0 Å². The molecule has 0 amide bonds. The fraction of sp³-hybridized carbons (Fsp3) is 0.188. The SMILES string of the molecule is CCOC(=O)c1ccc(C(F)(F)F)cc1Nc1ccc(F)cc1Br. The molecule has 0 atom stereocenters. The molecule has 0 saturated heterocycles. The van der Waals surface area contributed by atoms with E-state index in [4.69, 9.17) is 4.74 Å². The molecule has 0 spiro atoms. The van der Waals surface area contributed by atoms with E-state index >= 15 is 0 Å². The highest BCUT2D eigenvalue weighted by Gasteiger charge is 2.31. The summed E-state index contributed by atoms with van der Waals surface area (Å²) in [6, 6.07) is 6.29. The number of hydrogen-bond donors (Lipinski definition) is 1. The Hall–Kier alpha value is -2.09. The molecule has 0 aliphatic rings. The first-order valence-electron chi connectivity index (χ1n) is 6.83. The number of halogens is 5. The van der Waals surface area contributed by atoms with E-state index < -0.39 is 23.5 Å². The fourth-order valence-corrected chi connectivity index (χ4v) is 2.40. The summed E-state index contributed by atoms with van der Waals surface area (Å²) in [5.41, 5.74) is -0.755. The number of anilines is 2. The average Bonchev–Trinajstić information content (AvgIpc) is 2.49. The van der Waals surface area contributed by atoms with Crippen LogP contribution in [0.25, 0.3) is 0 Å². The number of rotatable bonds is 4. The van der Waals surface area contributed by atoms with Crippen molar-refractivity contribution < 1.29 is 27.1 Å². The molecule has 0 aliphatic carbocycles. The van der Waals surface area contributed by atoms with Crippen molar-refractivity contribution in [3.8, 4) is 0 Å². The zero-order valence-corrected chi connectivity index (χ0v) is 14.0. The smallest absolute Gasteiger partial charge is 0.416 e. The van der Waals surface area contributed by atoms with Crippen molar-refractivity contribution in [2.75, 3.05) is 11.9 Å². The van der Waals surface area contributed by atoms with Gasteiger partial charge >= 0.3 is 12.1 Å². The molecule has 2 rings (SSSR count). The first-order valence-corrected chi connectivity index (χ1v) is 7.62. The van der Waals surface area contributed by atoms with E-state index in [1.165, 1.54) is 6.07 Å². The number of hydrogen-bond acceptors (Lipinski definition) is 3. The van der Waals surface area contributed by atoms with E-state index in [9.17, 15) is 22.4 Å². The van der Waals surface area contributed by atoms with Crippen LogP contribution in [0, 0.1) is 5.82 Å². The maximum Gasteiger partial charge on any atom is 0.416 e. The van der Waals surface area contributed by atoms with E-state index in [1.807, 2.05) is 0 Å². The number of carbonyl (C=O) groups excluding carboxylic acids is 1. The summed E-state index contributed by atoms with van der Waals surface area (Å²) in [7, 11) is 0. The molecule has 0 aliphatic heterocycles. The molecule has 24 heavy (non-hydrogen) atoms. The number of ether oxygens (including phenoxy) is 1. The monoisotopic (exact) mass is 405 g/mol. The molecule has 2 aromatic rings. The second-order valence-corrected chi connectivity index (χ2v) is 5.58. The Bertz CT molecular complexity index is 762. The van der Waals surface area contributed by atoms with Crippen molar-refractivity contribution in [2.24, 2.45) is 0 Å². The highest BCUT2D eigenvalue weighted by molar-refractivity contribution is 9.10. The van der Waals surface area contributed by atoms with Crippen LogP contribution >= 0.6 is 15.9 Å². The van der Waals surface area contributed by atoms with Gasteiger partial charge in [0.2, 0.25) is 0 Å². The minimum Gasteiger partial charge on any atom is -0.462 e. The Labute approximate surface area is 143 Å². The molecule has 2 aromatic carbocycles. The van der Waals surface area contributed by atoms with Gasteiger partial charge < -0.3 is 10.1 Å². The fourth-order valence-electron chi connectivity index (χ4n) is 1.95. The molecule has 0 saturated carbocycles. The van der Waals surface area contributed by atoms with E-state index in [0.29, 0.717) is 10.2 Å². The predicted octanol–water partition coefficient (Wildman–Crippen LogP) is 5.53. The predicted molar refractivity (Wildman–Crippen MR) is 84.8 cm³/mol. The molecular formula is C16H12BrF4NO2. The van der Waals surface area contributed by atoms with Gasteiger partial charge in [0, 0.05) is 4.47 Å². The summed E-state index contributed by atoms with van der Waals surface area (Å²) >= 11 is 3.11. The van der Waals surface area contributed by atoms with Crippen molar-refractivity contribution >= 4 is 33.3 Å². The van der Waals surface area contributed by atoms with Gasteiger partial charge in [0.05, 0.1) is 29.1 Å². The highest BCUT2D eigenvalue weighted by atomic mass is 79.9. The molecule has 0 heterocycles. The third-order valence-corrected chi connectivity index (χ3v) is 3.70. The van der Waals surface area contributed by atoms with Gasteiger partial charge in [-0.25, -0.2) is 9.18 Å². The van der Waals surface area contributed by atoms with Crippen LogP contribution in [-0.2, 0) is 10.9 Å². The van der Waals surface area contributed by atoms with E-state index in [0.717, 1.165) is 30.3 Å².